The van der Waals surface area contributed by atoms with Gasteiger partial charge in [-0.1, -0.05) is 45.7 Å². The Morgan fingerprint density at radius 3 is 1.46 bits per heavy atom. The summed E-state index contributed by atoms with van der Waals surface area (Å²) in [5.74, 6) is 0. The lowest BCUT2D eigenvalue weighted by Gasteiger charge is -2.09. The second-order valence-corrected chi connectivity index (χ2v) is 6.68. The highest BCUT2D eigenvalue weighted by atomic mass is 16.4. The van der Waals surface area contributed by atoms with Gasteiger partial charge < -0.3 is 10.4 Å². The SMILES string of the molecule is Cc1ccc2nc(C(=NO)C(=NO)c3ccc4cc(C)ccc4n3)ccc2c1. The molecule has 4 aromatic rings. The molecule has 0 saturated heterocycles. The Balaban J connectivity index is 1.80. The van der Waals surface area contributed by atoms with Crippen molar-refractivity contribution in [3.63, 3.8) is 0 Å². The molecule has 0 aliphatic heterocycles. The maximum absolute atomic E-state index is 9.64. The molecule has 0 atom stereocenters. The van der Waals surface area contributed by atoms with Crippen LogP contribution in [0.25, 0.3) is 21.8 Å². The Kier molecular flexibility index (Phi) is 4.45. The molecule has 2 heterocycles. The van der Waals surface area contributed by atoms with Crippen molar-refractivity contribution in [2.24, 2.45) is 10.3 Å². The minimum atomic E-state index is 0.0453. The third-order valence-electron chi connectivity index (χ3n) is 4.60. The lowest BCUT2D eigenvalue weighted by molar-refractivity contribution is 0.314. The van der Waals surface area contributed by atoms with Crippen molar-refractivity contribution in [3.05, 3.63) is 83.2 Å². The number of benzene rings is 2. The quantitative estimate of drug-likeness (QED) is 0.316. The fraction of sp³-hybridized carbons (Fsp3) is 0.0909. The van der Waals surface area contributed by atoms with E-state index in [1.807, 2.05) is 62.4 Å². The van der Waals surface area contributed by atoms with Crippen LogP contribution in [0, 0.1) is 13.8 Å². The molecule has 0 amide bonds. The Labute approximate surface area is 161 Å². The van der Waals surface area contributed by atoms with Crippen molar-refractivity contribution in [1.29, 1.82) is 0 Å². The molecule has 0 radical (unpaired) electrons. The first-order valence-corrected chi connectivity index (χ1v) is 8.79. The van der Waals surface area contributed by atoms with E-state index in [1.54, 1.807) is 12.1 Å². The maximum Gasteiger partial charge on any atom is 0.159 e. The van der Waals surface area contributed by atoms with Crippen LogP contribution in [0.3, 0.4) is 0 Å². The largest absolute Gasteiger partial charge is 0.410 e. The van der Waals surface area contributed by atoms with Crippen molar-refractivity contribution in [3.8, 4) is 0 Å². The van der Waals surface area contributed by atoms with Gasteiger partial charge in [0.05, 0.1) is 22.4 Å². The topological polar surface area (TPSA) is 91.0 Å². The van der Waals surface area contributed by atoms with Crippen molar-refractivity contribution in [1.82, 2.24) is 9.97 Å². The van der Waals surface area contributed by atoms with Gasteiger partial charge in [0.15, 0.2) is 11.4 Å². The van der Waals surface area contributed by atoms with Crippen LogP contribution in [0.5, 0.6) is 0 Å². The number of nitrogens with zero attached hydrogens (tertiary/aromatic N) is 4. The Morgan fingerprint density at radius 2 is 1.07 bits per heavy atom. The predicted octanol–water partition coefficient (Wildman–Crippen LogP) is 4.46. The summed E-state index contributed by atoms with van der Waals surface area (Å²) in [6.07, 6.45) is 0. The summed E-state index contributed by atoms with van der Waals surface area (Å²) in [5, 5.41) is 27.9. The molecule has 0 bridgehead atoms. The average Bonchev–Trinajstić information content (AvgIpc) is 2.71. The van der Waals surface area contributed by atoms with Crippen LogP contribution in [0.15, 0.2) is 71.0 Å². The zero-order chi connectivity index (χ0) is 19.7. The van der Waals surface area contributed by atoms with Crippen LogP contribution < -0.4 is 0 Å². The van der Waals surface area contributed by atoms with Gasteiger partial charge in [-0.25, -0.2) is 9.97 Å². The number of pyridine rings is 2. The van der Waals surface area contributed by atoms with Crippen LogP contribution in [0.1, 0.15) is 22.5 Å². The van der Waals surface area contributed by atoms with E-state index in [4.69, 9.17) is 0 Å². The van der Waals surface area contributed by atoms with Gasteiger partial charge in [0.25, 0.3) is 0 Å². The molecule has 0 saturated carbocycles. The first-order valence-electron chi connectivity index (χ1n) is 8.79. The Morgan fingerprint density at radius 1 is 0.643 bits per heavy atom. The second-order valence-electron chi connectivity index (χ2n) is 6.68. The molecule has 0 fully saturated rings. The third-order valence-corrected chi connectivity index (χ3v) is 4.60. The molecular formula is C22H18N4O2. The third kappa shape index (κ3) is 3.16. The summed E-state index contributed by atoms with van der Waals surface area (Å²) in [6, 6.07) is 19.0. The Bertz CT molecular complexity index is 1160. The van der Waals surface area contributed by atoms with Crippen LogP contribution in [0.4, 0.5) is 0 Å². The minimum absolute atomic E-state index is 0.0453. The smallest absolute Gasteiger partial charge is 0.159 e. The molecule has 0 unspecified atom stereocenters. The molecular weight excluding hydrogens is 352 g/mol. The highest BCUT2D eigenvalue weighted by Crippen LogP contribution is 2.18. The fourth-order valence-electron chi connectivity index (χ4n) is 3.19. The number of aryl methyl sites for hydroxylation is 2. The van der Waals surface area contributed by atoms with Crippen molar-refractivity contribution in [2.75, 3.05) is 0 Å². The molecule has 4 rings (SSSR count). The van der Waals surface area contributed by atoms with Crippen LogP contribution in [0.2, 0.25) is 0 Å². The summed E-state index contributed by atoms with van der Waals surface area (Å²) in [5.41, 5.74) is 4.63. The standard InChI is InChI=1S/C22H18N4O2/c1-13-3-7-17-15(11-13)5-9-19(23-17)21(25-27)22(26-28)20-10-6-16-12-14(2)4-8-18(16)24-20/h3-12,27-28H,1-2H3. The van der Waals surface area contributed by atoms with Gasteiger partial charge in [0.2, 0.25) is 0 Å². The van der Waals surface area contributed by atoms with E-state index < -0.39 is 0 Å². The molecule has 28 heavy (non-hydrogen) atoms. The summed E-state index contributed by atoms with van der Waals surface area (Å²) >= 11 is 0. The second kappa shape index (κ2) is 7.08. The van der Waals surface area contributed by atoms with E-state index in [2.05, 4.69) is 20.3 Å². The van der Waals surface area contributed by atoms with Crippen molar-refractivity contribution < 1.29 is 10.4 Å². The van der Waals surface area contributed by atoms with Gasteiger partial charge in [0.1, 0.15) is 0 Å². The van der Waals surface area contributed by atoms with E-state index >= 15 is 0 Å². The monoisotopic (exact) mass is 370 g/mol. The summed E-state index contributed by atoms with van der Waals surface area (Å²) in [7, 11) is 0. The lowest BCUT2D eigenvalue weighted by Crippen LogP contribution is -2.20. The van der Waals surface area contributed by atoms with Gasteiger partial charge in [-0.2, -0.15) is 0 Å². The first kappa shape index (κ1) is 17.6. The number of fused-ring (bicyclic) bond motifs is 2. The number of rotatable bonds is 3. The Hall–Kier alpha value is -3.80. The number of hydrogen-bond acceptors (Lipinski definition) is 6. The van der Waals surface area contributed by atoms with Crippen LogP contribution in [-0.4, -0.2) is 31.8 Å². The normalized spacial score (nSPS) is 12.6. The molecule has 0 spiro atoms. The first-order chi connectivity index (χ1) is 13.6. The number of hydrogen-bond donors (Lipinski definition) is 2. The van der Waals surface area contributed by atoms with E-state index in [1.165, 1.54) is 0 Å². The average molecular weight is 370 g/mol. The predicted molar refractivity (Wildman–Crippen MR) is 110 cm³/mol. The van der Waals surface area contributed by atoms with E-state index in [9.17, 15) is 10.4 Å². The molecule has 6 nitrogen and oxygen atoms in total. The molecule has 6 heteroatoms. The van der Waals surface area contributed by atoms with Gasteiger partial charge in [-0.3, -0.25) is 0 Å². The molecule has 138 valence electrons. The minimum Gasteiger partial charge on any atom is -0.410 e. The van der Waals surface area contributed by atoms with Gasteiger partial charge in [0, 0.05) is 10.8 Å². The fourth-order valence-corrected chi connectivity index (χ4v) is 3.19. The van der Waals surface area contributed by atoms with Crippen LogP contribution in [-0.2, 0) is 0 Å². The van der Waals surface area contributed by atoms with Gasteiger partial charge >= 0.3 is 0 Å². The highest BCUT2D eigenvalue weighted by molar-refractivity contribution is 6.52. The van der Waals surface area contributed by atoms with E-state index in [-0.39, 0.29) is 11.4 Å². The molecule has 0 aliphatic carbocycles. The lowest BCUT2D eigenvalue weighted by atomic mass is 10.0. The van der Waals surface area contributed by atoms with Crippen LogP contribution >= 0.6 is 0 Å². The maximum atomic E-state index is 9.64. The zero-order valence-corrected chi connectivity index (χ0v) is 15.5. The summed E-state index contributed by atoms with van der Waals surface area (Å²) < 4.78 is 0. The number of oxime groups is 2. The van der Waals surface area contributed by atoms with E-state index in [0.717, 1.165) is 32.9 Å². The molecule has 2 N–H and O–H groups in total. The van der Waals surface area contributed by atoms with Gasteiger partial charge in [-0.05, 0) is 50.2 Å². The molecule has 2 aromatic heterocycles. The van der Waals surface area contributed by atoms with Crippen molar-refractivity contribution >= 4 is 33.2 Å². The highest BCUT2D eigenvalue weighted by Gasteiger charge is 2.19. The number of aromatic nitrogens is 2. The van der Waals surface area contributed by atoms with E-state index in [0.29, 0.717) is 11.4 Å². The van der Waals surface area contributed by atoms with Gasteiger partial charge in [-0.15, -0.1) is 0 Å². The molecule has 2 aromatic carbocycles. The summed E-state index contributed by atoms with van der Waals surface area (Å²) in [4.78, 5) is 9.09. The zero-order valence-electron chi connectivity index (χ0n) is 15.5. The van der Waals surface area contributed by atoms with Crippen molar-refractivity contribution in [2.45, 2.75) is 13.8 Å². The summed E-state index contributed by atoms with van der Waals surface area (Å²) in [6.45, 7) is 4.02. The molecule has 0 aliphatic rings.